The van der Waals surface area contributed by atoms with E-state index in [2.05, 4.69) is 25.5 Å². The van der Waals surface area contributed by atoms with E-state index in [1.807, 2.05) is 25.1 Å². The third-order valence-electron chi connectivity index (χ3n) is 2.37. The van der Waals surface area contributed by atoms with Crippen LogP contribution in [0.15, 0.2) is 35.0 Å². The van der Waals surface area contributed by atoms with Gasteiger partial charge in [0.05, 0.1) is 12.7 Å². The van der Waals surface area contributed by atoms with Crippen molar-refractivity contribution in [1.82, 2.24) is 20.2 Å². The van der Waals surface area contributed by atoms with Crippen LogP contribution in [0.3, 0.4) is 0 Å². The topological polar surface area (TPSA) is 76.7 Å². The first-order chi connectivity index (χ1) is 9.31. The van der Waals surface area contributed by atoms with E-state index in [4.69, 9.17) is 4.42 Å². The second kappa shape index (κ2) is 5.15. The van der Waals surface area contributed by atoms with Crippen LogP contribution in [0.25, 0.3) is 10.7 Å². The van der Waals surface area contributed by atoms with Gasteiger partial charge in [-0.3, -0.25) is 4.98 Å². The zero-order chi connectivity index (χ0) is 13.1. The molecule has 0 unspecified atom stereocenters. The zero-order valence-electron chi connectivity index (χ0n) is 10.2. The Kier molecular flexibility index (Phi) is 3.20. The SMILES string of the molecule is Cc1cnc(CNc2nnc(-c3ccccn3)s2)o1. The summed E-state index contributed by atoms with van der Waals surface area (Å²) in [6, 6.07) is 5.70. The van der Waals surface area contributed by atoms with Gasteiger partial charge in [0.25, 0.3) is 0 Å². The van der Waals surface area contributed by atoms with Crippen molar-refractivity contribution in [2.75, 3.05) is 5.32 Å². The number of aromatic nitrogens is 4. The number of nitrogens with one attached hydrogen (secondary N) is 1. The zero-order valence-corrected chi connectivity index (χ0v) is 11.0. The molecule has 3 aromatic rings. The quantitative estimate of drug-likeness (QED) is 0.787. The molecule has 0 aliphatic carbocycles. The number of aryl methyl sites for hydroxylation is 1. The standard InChI is InChI=1S/C12H11N5OS/c1-8-6-14-10(18-8)7-15-12-17-16-11(19-12)9-4-2-3-5-13-9/h2-6H,7H2,1H3,(H,15,17). The van der Waals surface area contributed by atoms with E-state index in [0.29, 0.717) is 12.4 Å². The molecule has 3 rings (SSSR count). The van der Waals surface area contributed by atoms with Crippen LogP contribution in [-0.2, 0) is 6.54 Å². The highest BCUT2D eigenvalue weighted by molar-refractivity contribution is 7.18. The number of hydrogen-bond donors (Lipinski definition) is 1. The lowest BCUT2D eigenvalue weighted by molar-refractivity contribution is 0.479. The number of nitrogens with zero attached hydrogens (tertiary/aromatic N) is 4. The van der Waals surface area contributed by atoms with Crippen LogP contribution >= 0.6 is 11.3 Å². The summed E-state index contributed by atoms with van der Waals surface area (Å²) < 4.78 is 5.37. The Morgan fingerprint density at radius 1 is 1.26 bits per heavy atom. The molecule has 0 radical (unpaired) electrons. The molecule has 6 nitrogen and oxygen atoms in total. The monoisotopic (exact) mass is 273 g/mol. The molecule has 0 saturated carbocycles. The number of pyridine rings is 1. The number of rotatable bonds is 4. The molecule has 0 bridgehead atoms. The summed E-state index contributed by atoms with van der Waals surface area (Å²) in [4.78, 5) is 8.34. The van der Waals surface area contributed by atoms with E-state index in [1.165, 1.54) is 11.3 Å². The van der Waals surface area contributed by atoms with Crippen LogP contribution < -0.4 is 5.32 Å². The lowest BCUT2D eigenvalue weighted by atomic mass is 10.4. The van der Waals surface area contributed by atoms with Gasteiger partial charge in [0.2, 0.25) is 11.0 Å². The predicted octanol–water partition coefficient (Wildman–Crippen LogP) is 2.51. The molecule has 0 amide bonds. The van der Waals surface area contributed by atoms with Crippen molar-refractivity contribution < 1.29 is 4.42 Å². The molecule has 3 heterocycles. The summed E-state index contributed by atoms with van der Waals surface area (Å²) in [6.45, 7) is 2.35. The molecule has 0 aliphatic rings. The summed E-state index contributed by atoms with van der Waals surface area (Å²) in [7, 11) is 0. The molecular formula is C12H11N5OS. The van der Waals surface area contributed by atoms with Crippen molar-refractivity contribution in [3.63, 3.8) is 0 Å². The van der Waals surface area contributed by atoms with Crippen molar-refractivity contribution >= 4 is 16.5 Å². The minimum Gasteiger partial charge on any atom is -0.444 e. The molecule has 0 spiro atoms. The molecule has 0 saturated heterocycles. The van der Waals surface area contributed by atoms with E-state index < -0.39 is 0 Å². The fourth-order valence-corrected chi connectivity index (χ4v) is 2.24. The lowest BCUT2D eigenvalue weighted by Gasteiger charge is -1.96. The predicted molar refractivity (Wildman–Crippen MR) is 71.7 cm³/mol. The van der Waals surface area contributed by atoms with E-state index in [0.717, 1.165) is 21.6 Å². The Labute approximate surface area is 113 Å². The molecule has 0 aliphatic heterocycles. The highest BCUT2D eigenvalue weighted by Crippen LogP contribution is 2.24. The van der Waals surface area contributed by atoms with Gasteiger partial charge in [0.1, 0.15) is 11.5 Å². The minimum absolute atomic E-state index is 0.491. The van der Waals surface area contributed by atoms with Crippen molar-refractivity contribution in [2.45, 2.75) is 13.5 Å². The minimum atomic E-state index is 0.491. The first-order valence-corrected chi connectivity index (χ1v) is 6.53. The van der Waals surface area contributed by atoms with Gasteiger partial charge in [-0.05, 0) is 19.1 Å². The summed E-state index contributed by atoms with van der Waals surface area (Å²) in [5.41, 5.74) is 0.819. The Morgan fingerprint density at radius 2 is 2.21 bits per heavy atom. The summed E-state index contributed by atoms with van der Waals surface area (Å²) in [6.07, 6.45) is 3.43. The van der Waals surface area contributed by atoms with Gasteiger partial charge >= 0.3 is 0 Å². The highest BCUT2D eigenvalue weighted by atomic mass is 32.1. The Balaban J connectivity index is 1.68. The molecule has 1 N–H and O–H groups in total. The molecular weight excluding hydrogens is 262 g/mol. The van der Waals surface area contributed by atoms with Crippen molar-refractivity contribution in [1.29, 1.82) is 0 Å². The average molecular weight is 273 g/mol. The van der Waals surface area contributed by atoms with Crippen LogP contribution in [0.5, 0.6) is 0 Å². The molecule has 0 atom stereocenters. The van der Waals surface area contributed by atoms with Crippen LogP contribution in [0.4, 0.5) is 5.13 Å². The maximum Gasteiger partial charge on any atom is 0.213 e. The number of hydrogen-bond acceptors (Lipinski definition) is 7. The van der Waals surface area contributed by atoms with Gasteiger partial charge in [0, 0.05) is 6.20 Å². The fourth-order valence-electron chi connectivity index (χ4n) is 1.52. The molecule has 0 fully saturated rings. The molecule has 3 aromatic heterocycles. The van der Waals surface area contributed by atoms with E-state index in [-0.39, 0.29) is 0 Å². The third kappa shape index (κ3) is 2.76. The fraction of sp³-hybridized carbons (Fsp3) is 0.167. The molecule has 0 aromatic carbocycles. The number of oxazole rings is 1. The first-order valence-electron chi connectivity index (χ1n) is 5.71. The van der Waals surface area contributed by atoms with Crippen molar-refractivity contribution in [3.8, 4) is 10.7 Å². The van der Waals surface area contributed by atoms with Gasteiger partial charge < -0.3 is 9.73 Å². The van der Waals surface area contributed by atoms with Gasteiger partial charge in [0.15, 0.2) is 5.01 Å². The normalized spacial score (nSPS) is 10.6. The van der Waals surface area contributed by atoms with Gasteiger partial charge in [-0.25, -0.2) is 4.98 Å². The van der Waals surface area contributed by atoms with E-state index >= 15 is 0 Å². The summed E-state index contributed by atoms with van der Waals surface area (Å²) in [5, 5.41) is 12.8. The Hall–Kier alpha value is -2.28. The Morgan fingerprint density at radius 3 is 2.95 bits per heavy atom. The second-order valence-corrected chi connectivity index (χ2v) is 4.82. The third-order valence-corrected chi connectivity index (χ3v) is 3.27. The molecule has 96 valence electrons. The van der Waals surface area contributed by atoms with Crippen LogP contribution in [0.1, 0.15) is 11.7 Å². The Bertz CT molecular complexity index is 664. The summed E-state index contributed by atoms with van der Waals surface area (Å²) >= 11 is 1.45. The smallest absolute Gasteiger partial charge is 0.213 e. The van der Waals surface area contributed by atoms with Gasteiger partial charge in [-0.1, -0.05) is 17.4 Å². The number of anilines is 1. The maximum absolute atomic E-state index is 5.37. The van der Waals surface area contributed by atoms with Gasteiger partial charge in [-0.2, -0.15) is 0 Å². The molecule has 7 heteroatoms. The van der Waals surface area contributed by atoms with Crippen LogP contribution in [-0.4, -0.2) is 20.2 Å². The molecule has 19 heavy (non-hydrogen) atoms. The van der Waals surface area contributed by atoms with Crippen LogP contribution in [0, 0.1) is 6.92 Å². The van der Waals surface area contributed by atoms with E-state index in [1.54, 1.807) is 12.4 Å². The highest BCUT2D eigenvalue weighted by Gasteiger charge is 2.08. The first kappa shape index (κ1) is 11.8. The maximum atomic E-state index is 5.37. The average Bonchev–Trinajstić information content (AvgIpc) is 3.06. The second-order valence-electron chi connectivity index (χ2n) is 3.85. The van der Waals surface area contributed by atoms with E-state index in [9.17, 15) is 0 Å². The summed E-state index contributed by atoms with van der Waals surface area (Å²) in [5.74, 6) is 1.43. The van der Waals surface area contributed by atoms with Crippen molar-refractivity contribution in [3.05, 3.63) is 42.2 Å². The largest absolute Gasteiger partial charge is 0.444 e. The van der Waals surface area contributed by atoms with Gasteiger partial charge in [-0.15, -0.1) is 10.2 Å². The lowest BCUT2D eigenvalue weighted by Crippen LogP contribution is -1.98. The van der Waals surface area contributed by atoms with Crippen LogP contribution in [0.2, 0.25) is 0 Å². The van der Waals surface area contributed by atoms with Crippen molar-refractivity contribution in [2.24, 2.45) is 0 Å².